The van der Waals surface area contributed by atoms with Crippen LogP contribution >= 0.6 is 0 Å². The number of rotatable bonds is 12. The molecule has 10 heteroatoms. The molecule has 0 saturated carbocycles. The van der Waals surface area contributed by atoms with E-state index >= 15 is 0 Å². The molecular formula is C25H34FN3O5S. The van der Waals surface area contributed by atoms with Gasteiger partial charge in [0.2, 0.25) is 21.8 Å². The molecule has 35 heavy (non-hydrogen) atoms. The SMILES string of the molecule is CCCCNC(=O)[C@H](C)N(Cc1ccc(F)cc1)C(=O)CN(c1cc(C)ccc1OC)S(C)(=O)=O. The average Bonchev–Trinajstić information content (AvgIpc) is 2.80. The van der Waals surface area contributed by atoms with Crippen molar-refractivity contribution in [2.45, 2.75) is 46.2 Å². The van der Waals surface area contributed by atoms with Crippen molar-refractivity contribution < 1.29 is 27.1 Å². The fourth-order valence-electron chi connectivity index (χ4n) is 3.49. The number of hydrogen-bond donors (Lipinski definition) is 1. The molecule has 8 nitrogen and oxygen atoms in total. The normalized spacial score (nSPS) is 12.1. The first kappa shape index (κ1) is 28.1. The van der Waals surface area contributed by atoms with Crippen molar-refractivity contribution >= 4 is 27.5 Å². The van der Waals surface area contributed by atoms with Crippen LogP contribution in [-0.4, -0.2) is 57.6 Å². The van der Waals surface area contributed by atoms with Crippen LogP contribution in [0.2, 0.25) is 0 Å². The minimum absolute atomic E-state index is 0.00400. The maximum Gasteiger partial charge on any atom is 0.244 e. The Morgan fingerprint density at radius 1 is 1.14 bits per heavy atom. The summed E-state index contributed by atoms with van der Waals surface area (Å²) in [7, 11) is -2.47. The third kappa shape index (κ3) is 7.95. The number of sulfonamides is 1. The zero-order chi connectivity index (χ0) is 26.2. The van der Waals surface area contributed by atoms with E-state index in [0.29, 0.717) is 17.9 Å². The Morgan fingerprint density at radius 2 is 1.80 bits per heavy atom. The van der Waals surface area contributed by atoms with Crippen LogP contribution in [0.15, 0.2) is 42.5 Å². The number of aryl methyl sites for hydroxylation is 1. The first-order valence-corrected chi connectivity index (χ1v) is 13.3. The maximum atomic E-state index is 13.5. The van der Waals surface area contributed by atoms with E-state index in [1.807, 2.05) is 6.92 Å². The largest absolute Gasteiger partial charge is 0.495 e. The third-order valence-corrected chi connectivity index (χ3v) is 6.67. The van der Waals surface area contributed by atoms with Gasteiger partial charge in [-0.1, -0.05) is 31.5 Å². The van der Waals surface area contributed by atoms with Crippen LogP contribution in [-0.2, 0) is 26.2 Å². The molecule has 0 radical (unpaired) electrons. The summed E-state index contributed by atoms with van der Waals surface area (Å²) >= 11 is 0. The molecule has 192 valence electrons. The summed E-state index contributed by atoms with van der Waals surface area (Å²) in [6, 6.07) is 9.73. The Balaban J connectivity index is 2.41. The van der Waals surface area contributed by atoms with Gasteiger partial charge in [0.05, 0.1) is 19.1 Å². The van der Waals surface area contributed by atoms with Gasteiger partial charge in [-0.2, -0.15) is 0 Å². The summed E-state index contributed by atoms with van der Waals surface area (Å²) in [6.07, 6.45) is 2.70. The molecule has 0 saturated heterocycles. The van der Waals surface area contributed by atoms with Crippen LogP contribution in [0.25, 0.3) is 0 Å². The number of ether oxygens (including phenoxy) is 1. The summed E-state index contributed by atoms with van der Waals surface area (Å²) in [5.41, 5.74) is 1.62. The zero-order valence-corrected chi connectivity index (χ0v) is 21.7. The van der Waals surface area contributed by atoms with Crippen molar-refractivity contribution in [2.24, 2.45) is 0 Å². The van der Waals surface area contributed by atoms with E-state index < -0.39 is 34.3 Å². The smallest absolute Gasteiger partial charge is 0.244 e. The lowest BCUT2D eigenvalue weighted by Crippen LogP contribution is -2.51. The number of amides is 2. The molecule has 0 fully saturated rings. The topological polar surface area (TPSA) is 96.0 Å². The van der Waals surface area contributed by atoms with Gasteiger partial charge in [0.15, 0.2) is 0 Å². The molecule has 2 aromatic carbocycles. The number of benzene rings is 2. The molecule has 0 aliphatic carbocycles. The van der Waals surface area contributed by atoms with Gasteiger partial charge in [-0.05, 0) is 55.7 Å². The average molecular weight is 508 g/mol. The van der Waals surface area contributed by atoms with Gasteiger partial charge in [-0.25, -0.2) is 12.8 Å². The number of unbranched alkanes of at least 4 members (excludes halogenated alkanes) is 1. The molecule has 1 atom stereocenters. The van der Waals surface area contributed by atoms with E-state index in [4.69, 9.17) is 4.74 Å². The van der Waals surface area contributed by atoms with Crippen LogP contribution < -0.4 is 14.4 Å². The predicted molar refractivity (Wildman–Crippen MR) is 134 cm³/mol. The van der Waals surface area contributed by atoms with Crippen molar-refractivity contribution in [3.63, 3.8) is 0 Å². The fourth-order valence-corrected chi connectivity index (χ4v) is 4.34. The lowest BCUT2D eigenvalue weighted by Gasteiger charge is -2.32. The second-order valence-electron chi connectivity index (χ2n) is 8.41. The number of carbonyl (C=O) groups excluding carboxylic acids is 2. The fraction of sp³-hybridized carbons (Fsp3) is 0.440. The van der Waals surface area contributed by atoms with E-state index in [1.165, 1.54) is 36.3 Å². The van der Waals surface area contributed by atoms with E-state index in [2.05, 4.69) is 5.32 Å². The monoisotopic (exact) mass is 507 g/mol. The second kappa shape index (κ2) is 12.5. The van der Waals surface area contributed by atoms with Gasteiger partial charge < -0.3 is 15.0 Å². The quantitative estimate of drug-likeness (QED) is 0.445. The third-order valence-electron chi connectivity index (χ3n) is 5.55. The molecule has 0 bridgehead atoms. The highest BCUT2D eigenvalue weighted by atomic mass is 32.2. The Morgan fingerprint density at radius 3 is 2.37 bits per heavy atom. The molecule has 0 spiro atoms. The minimum Gasteiger partial charge on any atom is -0.495 e. The molecule has 0 aliphatic heterocycles. The molecule has 0 heterocycles. The molecular weight excluding hydrogens is 473 g/mol. The lowest BCUT2D eigenvalue weighted by atomic mass is 10.1. The van der Waals surface area contributed by atoms with E-state index in [1.54, 1.807) is 32.0 Å². The van der Waals surface area contributed by atoms with Crippen LogP contribution in [0, 0.1) is 12.7 Å². The summed E-state index contributed by atoms with van der Waals surface area (Å²) in [4.78, 5) is 27.6. The molecule has 0 aromatic heterocycles. The number of carbonyl (C=O) groups is 2. The van der Waals surface area contributed by atoms with Crippen molar-refractivity contribution in [3.05, 3.63) is 59.4 Å². The number of anilines is 1. The highest BCUT2D eigenvalue weighted by Gasteiger charge is 2.31. The summed E-state index contributed by atoms with van der Waals surface area (Å²) < 4.78 is 45.2. The van der Waals surface area contributed by atoms with Gasteiger partial charge in [-0.3, -0.25) is 13.9 Å². The Kier molecular flexibility index (Phi) is 10.1. The lowest BCUT2D eigenvalue weighted by molar-refractivity contribution is -0.139. The number of methoxy groups -OCH3 is 1. The van der Waals surface area contributed by atoms with Crippen LogP contribution in [0.1, 0.15) is 37.8 Å². The van der Waals surface area contributed by atoms with Crippen molar-refractivity contribution in [1.82, 2.24) is 10.2 Å². The van der Waals surface area contributed by atoms with Crippen molar-refractivity contribution in [3.8, 4) is 5.75 Å². The van der Waals surface area contributed by atoms with Crippen LogP contribution in [0.3, 0.4) is 0 Å². The first-order valence-electron chi connectivity index (χ1n) is 11.4. The maximum absolute atomic E-state index is 13.5. The summed E-state index contributed by atoms with van der Waals surface area (Å²) in [6.45, 7) is 5.32. The van der Waals surface area contributed by atoms with Gasteiger partial charge in [-0.15, -0.1) is 0 Å². The molecule has 2 rings (SSSR count). The Hall–Kier alpha value is -3.14. The Labute approximate surface area is 207 Å². The molecule has 0 unspecified atom stereocenters. The first-order chi connectivity index (χ1) is 16.5. The number of hydrogen-bond acceptors (Lipinski definition) is 5. The zero-order valence-electron chi connectivity index (χ0n) is 20.9. The van der Waals surface area contributed by atoms with E-state index in [0.717, 1.165) is 29.0 Å². The van der Waals surface area contributed by atoms with Gasteiger partial charge in [0.1, 0.15) is 24.2 Å². The Bertz CT molecular complexity index is 1120. The number of nitrogens with zero attached hydrogens (tertiary/aromatic N) is 2. The predicted octanol–water partition coefficient (Wildman–Crippen LogP) is 3.24. The molecule has 2 amide bonds. The summed E-state index contributed by atoms with van der Waals surface area (Å²) in [5.74, 6) is -1.06. The molecule has 2 aromatic rings. The highest BCUT2D eigenvalue weighted by Crippen LogP contribution is 2.31. The van der Waals surface area contributed by atoms with Crippen LogP contribution in [0.4, 0.5) is 10.1 Å². The van der Waals surface area contributed by atoms with Crippen molar-refractivity contribution in [1.29, 1.82) is 0 Å². The minimum atomic E-state index is -3.88. The molecule has 1 N–H and O–H groups in total. The van der Waals surface area contributed by atoms with E-state index in [-0.39, 0.29) is 18.1 Å². The van der Waals surface area contributed by atoms with Gasteiger partial charge >= 0.3 is 0 Å². The number of halogens is 1. The summed E-state index contributed by atoms with van der Waals surface area (Å²) in [5, 5.41) is 2.81. The van der Waals surface area contributed by atoms with Gasteiger partial charge in [0.25, 0.3) is 0 Å². The van der Waals surface area contributed by atoms with Crippen molar-refractivity contribution in [2.75, 3.05) is 30.8 Å². The van der Waals surface area contributed by atoms with Gasteiger partial charge in [0, 0.05) is 13.1 Å². The second-order valence-corrected chi connectivity index (χ2v) is 10.3. The molecule has 0 aliphatic rings. The van der Waals surface area contributed by atoms with Crippen LogP contribution in [0.5, 0.6) is 5.75 Å². The van der Waals surface area contributed by atoms with E-state index in [9.17, 15) is 22.4 Å². The standard InChI is InChI=1S/C25H34FN3O5S/c1-6-7-14-27-25(31)19(3)28(16-20-9-11-21(26)12-10-20)24(30)17-29(35(5,32)33)22-15-18(2)8-13-23(22)34-4/h8-13,15,19H,6-7,14,16-17H2,1-5H3,(H,27,31)/t19-/m0/s1. The highest BCUT2D eigenvalue weighted by molar-refractivity contribution is 7.92. The number of nitrogens with one attached hydrogen (secondary N) is 1.